The van der Waals surface area contributed by atoms with Gasteiger partial charge in [0.25, 0.3) is 11.8 Å². The van der Waals surface area contributed by atoms with Gasteiger partial charge in [0.2, 0.25) is 0 Å². The number of carboxylic acids is 1. The number of hydrogen-bond acceptors (Lipinski definition) is 5. The van der Waals surface area contributed by atoms with E-state index in [1.54, 1.807) is 54.6 Å². The van der Waals surface area contributed by atoms with Gasteiger partial charge in [-0.3, -0.25) is 19.2 Å². The van der Waals surface area contributed by atoms with Crippen LogP contribution in [0.4, 0.5) is 0 Å². The van der Waals surface area contributed by atoms with Crippen molar-refractivity contribution >= 4 is 29.8 Å². The molecule has 0 heterocycles. The molecule has 156 valence electrons. The molecule has 2 aromatic carbocycles. The number of carbonyl (C=O) groups excluding carboxylic acids is 3. The Kier molecular flexibility index (Phi) is 8.31. The number of hydrogen-bond donors (Lipinski definition) is 3. The van der Waals surface area contributed by atoms with E-state index in [1.807, 2.05) is 0 Å². The molecule has 0 aliphatic heterocycles. The van der Waals surface area contributed by atoms with Crippen LogP contribution in [0.15, 0.2) is 60.3 Å². The summed E-state index contributed by atoms with van der Waals surface area (Å²) < 4.78 is 4.97. The minimum absolute atomic E-state index is 0.000542. The predicted octanol–water partition coefficient (Wildman–Crippen LogP) is 2.36. The molecule has 0 aliphatic carbocycles. The SMILES string of the molecule is CC(=O)Oc1ccc(C=C(NC(=O)c2ccccc2)C(=O)NCCCC(=O)O)cc1. The normalized spacial score (nSPS) is 10.8. The maximum absolute atomic E-state index is 12.6. The summed E-state index contributed by atoms with van der Waals surface area (Å²) in [6.07, 6.45) is 1.66. The topological polar surface area (TPSA) is 122 Å². The zero-order valence-electron chi connectivity index (χ0n) is 16.4. The lowest BCUT2D eigenvalue weighted by atomic mass is 10.1. The summed E-state index contributed by atoms with van der Waals surface area (Å²) in [5.41, 5.74) is 0.974. The minimum atomic E-state index is -0.953. The Morgan fingerprint density at radius 1 is 1.00 bits per heavy atom. The Morgan fingerprint density at radius 3 is 2.27 bits per heavy atom. The van der Waals surface area contributed by atoms with Crippen LogP contribution in [-0.4, -0.2) is 35.4 Å². The molecule has 0 saturated heterocycles. The second kappa shape index (κ2) is 11.2. The van der Waals surface area contributed by atoms with Crippen molar-refractivity contribution in [2.45, 2.75) is 19.8 Å². The molecule has 0 radical (unpaired) electrons. The molecule has 0 fully saturated rings. The van der Waals surface area contributed by atoms with Gasteiger partial charge in [0.1, 0.15) is 11.4 Å². The van der Waals surface area contributed by atoms with E-state index in [9.17, 15) is 19.2 Å². The lowest BCUT2D eigenvalue weighted by molar-refractivity contribution is -0.137. The van der Waals surface area contributed by atoms with Crippen LogP contribution in [0, 0.1) is 0 Å². The van der Waals surface area contributed by atoms with E-state index in [1.165, 1.54) is 13.0 Å². The van der Waals surface area contributed by atoms with Crippen LogP contribution in [0.2, 0.25) is 0 Å². The summed E-state index contributed by atoms with van der Waals surface area (Å²) in [6, 6.07) is 14.8. The average Bonchev–Trinajstić information content (AvgIpc) is 2.72. The number of esters is 1. The highest BCUT2D eigenvalue weighted by molar-refractivity contribution is 6.05. The van der Waals surface area contributed by atoms with Crippen molar-refractivity contribution in [1.82, 2.24) is 10.6 Å². The van der Waals surface area contributed by atoms with Crippen LogP contribution in [-0.2, 0) is 14.4 Å². The molecule has 0 spiro atoms. The molecule has 0 bridgehead atoms. The molecule has 0 atom stereocenters. The smallest absolute Gasteiger partial charge is 0.308 e. The summed E-state index contributed by atoms with van der Waals surface area (Å²) in [6.45, 7) is 1.44. The highest BCUT2D eigenvalue weighted by Crippen LogP contribution is 2.15. The van der Waals surface area contributed by atoms with Crippen molar-refractivity contribution in [3.63, 3.8) is 0 Å². The maximum atomic E-state index is 12.6. The Labute approximate surface area is 173 Å². The van der Waals surface area contributed by atoms with Gasteiger partial charge in [0, 0.05) is 25.5 Å². The monoisotopic (exact) mass is 410 g/mol. The first-order valence-electron chi connectivity index (χ1n) is 9.21. The molecule has 0 saturated carbocycles. The van der Waals surface area contributed by atoms with E-state index in [4.69, 9.17) is 9.84 Å². The molecule has 8 nitrogen and oxygen atoms in total. The molecule has 2 rings (SSSR count). The summed E-state index contributed by atoms with van der Waals surface area (Å²) in [7, 11) is 0. The Balaban J connectivity index is 2.17. The molecule has 2 amide bonds. The summed E-state index contributed by atoms with van der Waals surface area (Å²) in [4.78, 5) is 46.7. The van der Waals surface area contributed by atoms with E-state index in [0.717, 1.165) is 0 Å². The summed E-state index contributed by atoms with van der Waals surface area (Å²) in [5, 5.41) is 13.9. The zero-order chi connectivity index (χ0) is 21.9. The lowest BCUT2D eigenvalue weighted by Gasteiger charge is -2.11. The average molecular weight is 410 g/mol. The number of ether oxygens (including phenoxy) is 1. The minimum Gasteiger partial charge on any atom is -0.481 e. The standard InChI is InChI=1S/C22H22N2O6/c1-15(25)30-18-11-9-16(10-12-18)14-19(22(29)23-13-5-8-20(26)27)24-21(28)17-6-3-2-4-7-17/h2-4,6-7,9-12,14H,5,8,13H2,1H3,(H,23,29)(H,24,28)(H,26,27). The van der Waals surface area contributed by atoms with E-state index in [-0.39, 0.29) is 25.1 Å². The highest BCUT2D eigenvalue weighted by Gasteiger charge is 2.14. The number of carbonyl (C=O) groups is 4. The van der Waals surface area contributed by atoms with E-state index < -0.39 is 23.8 Å². The first-order valence-corrected chi connectivity index (χ1v) is 9.21. The van der Waals surface area contributed by atoms with Crippen molar-refractivity contribution in [1.29, 1.82) is 0 Å². The molecule has 8 heteroatoms. The molecule has 0 unspecified atom stereocenters. The quantitative estimate of drug-likeness (QED) is 0.253. The van der Waals surface area contributed by atoms with Crippen LogP contribution in [0.1, 0.15) is 35.7 Å². The number of benzene rings is 2. The molecular formula is C22H22N2O6. The number of aliphatic carboxylic acids is 1. The third-order valence-corrected chi connectivity index (χ3v) is 3.83. The van der Waals surface area contributed by atoms with Gasteiger partial charge >= 0.3 is 11.9 Å². The number of carboxylic acid groups (broad SMARTS) is 1. The van der Waals surface area contributed by atoms with Gasteiger partial charge in [0.05, 0.1) is 0 Å². The molecule has 3 N–H and O–H groups in total. The third kappa shape index (κ3) is 7.59. The van der Waals surface area contributed by atoms with Gasteiger partial charge in [-0.1, -0.05) is 30.3 Å². The fraction of sp³-hybridized carbons (Fsp3) is 0.182. The Bertz CT molecular complexity index is 936. The second-order valence-corrected chi connectivity index (χ2v) is 6.29. The van der Waals surface area contributed by atoms with Gasteiger partial charge < -0.3 is 20.5 Å². The zero-order valence-corrected chi connectivity index (χ0v) is 16.4. The fourth-order valence-corrected chi connectivity index (χ4v) is 2.44. The second-order valence-electron chi connectivity index (χ2n) is 6.29. The van der Waals surface area contributed by atoms with Crippen molar-refractivity contribution in [3.8, 4) is 5.75 Å². The molecular weight excluding hydrogens is 388 g/mol. The van der Waals surface area contributed by atoms with Crippen molar-refractivity contribution in [2.75, 3.05) is 6.54 Å². The first kappa shape index (κ1) is 22.4. The van der Waals surface area contributed by atoms with Crippen molar-refractivity contribution in [3.05, 3.63) is 71.4 Å². The van der Waals surface area contributed by atoms with Gasteiger partial charge in [-0.25, -0.2) is 0 Å². The highest BCUT2D eigenvalue weighted by atomic mass is 16.5. The van der Waals surface area contributed by atoms with Crippen LogP contribution in [0.25, 0.3) is 6.08 Å². The van der Waals surface area contributed by atoms with Crippen LogP contribution < -0.4 is 15.4 Å². The van der Waals surface area contributed by atoms with Crippen molar-refractivity contribution in [2.24, 2.45) is 0 Å². The largest absolute Gasteiger partial charge is 0.481 e. The van der Waals surface area contributed by atoms with Crippen LogP contribution in [0.3, 0.4) is 0 Å². The molecule has 0 aromatic heterocycles. The maximum Gasteiger partial charge on any atom is 0.308 e. The Morgan fingerprint density at radius 2 is 1.67 bits per heavy atom. The van der Waals surface area contributed by atoms with Gasteiger partial charge in [-0.15, -0.1) is 0 Å². The summed E-state index contributed by atoms with van der Waals surface area (Å²) in [5.74, 6) is -2.06. The molecule has 30 heavy (non-hydrogen) atoms. The van der Waals surface area contributed by atoms with E-state index in [0.29, 0.717) is 16.9 Å². The van der Waals surface area contributed by atoms with Crippen LogP contribution in [0.5, 0.6) is 5.75 Å². The number of nitrogens with one attached hydrogen (secondary N) is 2. The van der Waals surface area contributed by atoms with Crippen LogP contribution >= 0.6 is 0 Å². The predicted molar refractivity (Wildman–Crippen MR) is 110 cm³/mol. The first-order chi connectivity index (χ1) is 14.3. The van der Waals surface area contributed by atoms with Crippen molar-refractivity contribution < 1.29 is 29.0 Å². The lowest BCUT2D eigenvalue weighted by Crippen LogP contribution is -2.35. The van der Waals surface area contributed by atoms with E-state index >= 15 is 0 Å². The Hall–Kier alpha value is -3.94. The van der Waals surface area contributed by atoms with Gasteiger partial charge in [-0.2, -0.15) is 0 Å². The fourth-order valence-electron chi connectivity index (χ4n) is 2.44. The number of amides is 2. The summed E-state index contributed by atoms with van der Waals surface area (Å²) >= 11 is 0. The van der Waals surface area contributed by atoms with Gasteiger partial charge in [-0.05, 0) is 42.3 Å². The molecule has 0 aliphatic rings. The van der Waals surface area contributed by atoms with E-state index in [2.05, 4.69) is 10.6 Å². The van der Waals surface area contributed by atoms with Gasteiger partial charge in [0.15, 0.2) is 0 Å². The third-order valence-electron chi connectivity index (χ3n) is 3.83. The molecule has 2 aromatic rings. The number of rotatable bonds is 9.